The molecule has 0 amide bonds. The monoisotopic (exact) mass is 655 g/mol. The first kappa shape index (κ1) is 22.0. The molecule has 8 rings (SSSR count). The molecule has 0 aliphatic carbocycles. The molecule has 4 nitrogen and oxygen atoms in total. The molecule has 8 bridgehead atoms. The number of H-pyrrole nitrogens is 2. The van der Waals surface area contributed by atoms with Crippen LogP contribution in [0, 0.1) is 0 Å². The van der Waals surface area contributed by atoms with E-state index in [2.05, 4.69) is 107 Å². The molecule has 0 fully saturated rings. The van der Waals surface area contributed by atoms with Crippen molar-refractivity contribution >= 4 is 55.8 Å². The first-order valence-electron chi connectivity index (χ1n) is 12.1. The molecule has 0 spiro atoms. The molecular weight excluding hydrogens is 635 g/mol. The van der Waals surface area contributed by atoms with Crippen LogP contribution in [0.4, 0.5) is 0 Å². The summed E-state index contributed by atoms with van der Waals surface area (Å²) in [6, 6.07) is 34.3. The Kier molecular flexibility index (Phi) is 4.99. The van der Waals surface area contributed by atoms with Crippen molar-refractivity contribution in [1.29, 1.82) is 0 Å². The molecule has 2 aliphatic heterocycles. The fraction of sp³-hybridized carbons (Fsp3) is 0. The fourth-order valence-electron chi connectivity index (χ4n) is 5.33. The van der Waals surface area contributed by atoms with Crippen LogP contribution in [0.25, 0.3) is 78.3 Å². The molecule has 0 radical (unpaired) electrons. The summed E-state index contributed by atoms with van der Waals surface area (Å²) in [5, 5.41) is 4.91. The van der Waals surface area contributed by atoms with Gasteiger partial charge < -0.3 is 9.97 Å². The van der Waals surface area contributed by atoms with Gasteiger partial charge in [0.25, 0.3) is 0 Å². The topological polar surface area (TPSA) is 57.4 Å². The predicted molar refractivity (Wildman–Crippen MR) is 149 cm³/mol. The van der Waals surface area contributed by atoms with E-state index < -0.39 is 0 Å². The fourth-order valence-corrected chi connectivity index (χ4v) is 5.33. The average Bonchev–Trinajstić information content (AvgIpc) is 3.68. The summed E-state index contributed by atoms with van der Waals surface area (Å²) in [5.41, 5.74) is 10.1. The molecule has 2 N–H and O–H groups in total. The van der Waals surface area contributed by atoms with Crippen LogP contribution in [0.15, 0.2) is 97.1 Å². The van der Waals surface area contributed by atoms with Gasteiger partial charge in [-0.05, 0) is 94.4 Å². The van der Waals surface area contributed by atoms with Crippen LogP contribution >= 0.6 is 0 Å². The van der Waals surface area contributed by atoms with Gasteiger partial charge in [0.05, 0.1) is 22.8 Å². The Hall–Kier alpha value is -4.27. The minimum atomic E-state index is 0. The van der Waals surface area contributed by atoms with Gasteiger partial charge in [0.2, 0.25) is 0 Å². The van der Waals surface area contributed by atoms with E-state index in [0.717, 1.165) is 50.4 Å². The van der Waals surface area contributed by atoms with Crippen LogP contribution < -0.4 is 0 Å². The summed E-state index contributed by atoms with van der Waals surface area (Å²) in [4.78, 5) is 16.9. The first-order valence-corrected chi connectivity index (χ1v) is 12.1. The number of rotatable bonds is 0. The summed E-state index contributed by atoms with van der Waals surface area (Å²) >= 11 is 0. The number of aromatic amines is 2. The van der Waals surface area contributed by atoms with Gasteiger partial charge in [0.1, 0.15) is 0 Å². The second-order valence-electron chi connectivity index (χ2n) is 9.40. The van der Waals surface area contributed by atoms with Gasteiger partial charge in [0, 0.05) is 54.3 Å². The first-order chi connectivity index (χ1) is 17.7. The second-order valence-corrected chi connectivity index (χ2v) is 9.40. The van der Waals surface area contributed by atoms with E-state index in [9.17, 15) is 0 Å². The molecular formula is C32H20N4Pt. The molecule has 0 saturated heterocycles. The molecule has 5 heterocycles. The number of hydrogen-bond acceptors (Lipinski definition) is 2. The van der Waals surface area contributed by atoms with E-state index in [1.807, 2.05) is 12.2 Å². The van der Waals surface area contributed by atoms with Gasteiger partial charge in [-0.1, -0.05) is 36.4 Å². The third kappa shape index (κ3) is 3.73. The van der Waals surface area contributed by atoms with Crippen molar-refractivity contribution in [2.24, 2.45) is 0 Å². The molecule has 6 aromatic rings. The number of hydrogen-bond donors (Lipinski definition) is 2. The van der Waals surface area contributed by atoms with Crippen LogP contribution in [0.1, 0.15) is 11.4 Å². The Morgan fingerprint density at radius 2 is 1.08 bits per heavy atom. The Balaban J connectivity index is 0.00000231. The minimum Gasteiger partial charge on any atom is -0.355 e. The normalized spacial score (nSPS) is 12.0. The Morgan fingerprint density at radius 1 is 0.486 bits per heavy atom. The van der Waals surface area contributed by atoms with Gasteiger partial charge >= 0.3 is 0 Å². The SMILES string of the molecule is C1=Cc2cc3ccc(cc4nc(cc5ccc(cc1n2)[nH]5)-c1ccc2cc5ccccc5cc2c1-4)[nH]3.[Pt]. The molecule has 3 aromatic carbocycles. The van der Waals surface area contributed by atoms with Crippen LogP contribution in [-0.2, 0) is 21.1 Å². The second kappa shape index (κ2) is 8.40. The van der Waals surface area contributed by atoms with Crippen molar-refractivity contribution in [2.75, 3.05) is 0 Å². The van der Waals surface area contributed by atoms with E-state index in [1.54, 1.807) is 0 Å². The number of nitrogens with one attached hydrogen (secondary N) is 2. The quantitative estimate of drug-likeness (QED) is 0.162. The van der Waals surface area contributed by atoms with Crippen molar-refractivity contribution < 1.29 is 21.1 Å². The molecule has 0 unspecified atom stereocenters. The Labute approximate surface area is 227 Å². The van der Waals surface area contributed by atoms with Crippen LogP contribution in [0.2, 0.25) is 0 Å². The van der Waals surface area contributed by atoms with Crippen LogP contribution in [0.5, 0.6) is 0 Å². The summed E-state index contributed by atoms with van der Waals surface area (Å²) in [5.74, 6) is 0. The van der Waals surface area contributed by atoms with Crippen molar-refractivity contribution in [3.8, 4) is 22.5 Å². The average molecular weight is 656 g/mol. The third-order valence-corrected chi connectivity index (χ3v) is 7.00. The number of nitrogens with zero attached hydrogens (tertiary/aromatic N) is 2. The van der Waals surface area contributed by atoms with E-state index in [0.29, 0.717) is 0 Å². The van der Waals surface area contributed by atoms with Crippen LogP contribution in [0.3, 0.4) is 0 Å². The van der Waals surface area contributed by atoms with E-state index in [4.69, 9.17) is 9.97 Å². The van der Waals surface area contributed by atoms with E-state index in [1.165, 1.54) is 27.1 Å². The summed E-state index contributed by atoms with van der Waals surface area (Å²) in [6.07, 6.45) is 4.08. The molecule has 0 atom stereocenters. The van der Waals surface area contributed by atoms with Crippen molar-refractivity contribution in [2.45, 2.75) is 0 Å². The largest absolute Gasteiger partial charge is 0.355 e. The van der Waals surface area contributed by atoms with Crippen molar-refractivity contribution in [1.82, 2.24) is 19.9 Å². The molecule has 5 heteroatoms. The summed E-state index contributed by atoms with van der Waals surface area (Å²) in [7, 11) is 0. The van der Waals surface area contributed by atoms with Crippen molar-refractivity contribution in [3.05, 3.63) is 108 Å². The Bertz CT molecular complexity index is 2060. The molecule has 37 heavy (non-hydrogen) atoms. The molecule has 178 valence electrons. The maximum Gasteiger partial charge on any atom is 0.0743 e. The molecule has 3 aromatic heterocycles. The maximum absolute atomic E-state index is 5.14. The summed E-state index contributed by atoms with van der Waals surface area (Å²) < 4.78 is 0. The van der Waals surface area contributed by atoms with Gasteiger partial charge in [-0.3, -0.25) is 0 Å². The number of benzene rings is 3. The van der Waals surface area contributed by atoms with Gasteiger partial charge in [-0.25, -0.2) is 9.97 Å². The maximum atomic E-state index is 5.14. The smallest absolute Gasteiger partial charge is 0.0743 e. The van der Waals surface area contributed by atoms with E-state index >= 15 is 0 Å². The van der Waals surface area contributed by atoms with Crippen LogP contribution in [-0.4, -0.2) is 19.9 Å². The zero-order valence-corrected chi connectivity index (χ0v) is 21.9. The third-order valence-electron chi connectivity index (χ3n) is 7.00. The van der Waals surface area contributed by atoms with Gasteiger partial charge in [0.15, 0.2) is 0 Å². The van der Waals surface area contributed by atoms with Gasteiger partial charge in [-0.15, -0.1) is 0 Å². The molecule has 2 aliphatic rings. The zero-order valence-electron chi connectivity index (χ0n) is 19.6. The zero-order chi connectivity index (χ0) is 23.6. The van der Waals surface area contributed by atoms with Gasteiger partial charge in [-0.2, -0.15) is 0 Å². The predicted octanol–water partition coefficient (Wildman–Crippen LogP) is 8.12. The Morgan fingerprint density at radius 3 is 1.76 bits per heavy atom. The van der Waals surface area contributed by atoms with E-state index in [-0.39, 0.29) is 21.1 Å². The van der Waals surface area contributed by atoms with Crippen molar-refractivity contribution in [3.63, 3.8) is 0 Å². The summed E-state index contributed by atoms with van der Waals surface area (Å²) in [6.45, 7) is 0. The number of aromatic nitrogens is 4. The standard InChI is InChI=1S/C32H20N4.Pt/c1-2-4-20-14-29-21(13-19(20)3-1)5-12-28-30-17-26-10-8-24(34-26)15-22-6-7-23(33-22)16-25-9-11-27(35-25)18-31(36-30)32(28)29;/h1-18,34-35H;. The minimum absolute atomic E-state index is 0. The molecule has 0 saturated carbocycles. The number of fused-ring (bicyclic) bond motifs is 14.